The molecule has 2 saturated carbocycles. The maximum atomic E-state index is 1.50. The maximum absolute atomic E-state index is 1.50. The van der Waals surface area contributed by atoms with E-state index >= 15 is 0 Å². The summed E-state index contributed by atoms with van der Waals surface area (Å²) in [6.07, 6.45) is 30.0. The predicted molar refractivity (Wildman–Crippen MR) is 92.3 cm³/mol. The quantitative estimate of drug-likeness (QED) is 0.424. The smallest absolute Gasteiger partial charge is 0.0533 e. The largest absolute Gasteiger partial charge is 0.0533 e. The molecule has 2 rings (SSSR count). The van der Waals surface area contributed by atoms with Crippen LogP contribution in [0.3, 0.4) is 0 Å². The molecule has 0 aromatic heterocycles. The van der Waals surface area contributed by atoms with Crippen molar-refractivity contribution in [1.82, 2.24) is 0 Å². The average Bonchev–Trinajstić information content (AvgIpc) is 2.52. The Hall–Kier alpha value is 0. The lowest BCUT2D eigenvalue weighted by atomic mass is 10.0. The van der Waals surface area contributed by atoms with E-state index in [4.69, 9.17) is 0 Å². The summed E-state index contributed by atoms with van der Waals surface area (Å²) in [5.41, 5.74) is 0. The van der Waals surface area contributed by atoms with Crippen LogP contribution in [0.1, 0.15) is 128 Å². The molecule has 20 heavy (non-hydrogen) atoms. The van der Waals surface area contributed by atoms with Gasteiger partial charge in [-0.25, -0.2) is 0 Å². The Labute approximate surface area is 129 Å². The fourth-order valence-electron chi connectivity index (χ4n) is 3.54. The second kappa shape index (κ2) is 15.4. The Balaban J connectivity index is 0.000000200. The minimum absolute atomic E-state index is 1.50. The van der Waals surface area contributed by atoms with Gasteiger partial charge in [-0.3, -0.25) is 0 Å². The monoisotopic (exact) mass is 280 g/mol. The second-order valence-electron chi connectivity index (χ2n) is 7.07. The van der Waals surface area contributed by atoms with E-state index in [2.05, 4.69) is 0 Å². The van der Waals surface area contributed by atoms with Gasteiger partial charge in [-0.05, 0) is 0 Å². The zero-order valence-electron chi connectivity index (χ0n) is 14.1. The van der Waals surface area contributed by atoms with Crippen molar-refractivity contribution in [1.29, 1.82) is 0 Å². The van der Waals surface area contributed by atoms with Crippen LogP contribution >= 0.6 is 0 Å². The zero-order valence-corrected chi connectivity index (χ0v) is 14.1. The average molecular weight is 281 g/mol. The van der Waals surface area contributed by atoms with E-state index < -0.39 is 0 Å². The molecule has 0 N–H and O–H groups in total. The van der Waals surface area contributed by atoms with Crippen molar-refractivity contribution in [2.75, 3.05) is 0 Å². The lowest BCUT2D eigenvalue weighted by Gasteiger charge is -2.05. The molecule has 0 saturated heterocycles. The van der Waals surface area contributed by atoms with Crippen LogP contribution in [0.4, 0.5) is 0 Å². The van der Waals surface area contributed by atoms with E-state index in [1.54, 1.807) is 0 Å². The summed E-state index contributed by atoms with van der Waals surface area (Å²) in [7, 11) is 0. The van der Waals surface area contributed by atoms with Crippen LogP contribution in [-0.4, -0.2) is 0 Å². The Morgan fingerprint density at radius 2 is 0.150 bits per heavy atom. The standard InChI is InChI=1S/2C10H20/c2*1-2-4-6-8-10-9-7-5-3-1/h2*1-10H2. The van der Waals surface area contributed by atoms with Crippen molar-refractivity contribution in [3.8, 4) is 0 Å². The molecule has 0 bridgehead atoms. The van der Waals surface area contributed by atoms with Crippen LogP contribution in [0.5, 0.6) is 0 Å². The molecule has 0 aromatic rings. The molecule has 0 spiro atoms. The minimum atomic E-state index is 1.50. The van der Waals surface area contributed by atoms with E-state index in [1.807, 2.05) is 0 Å². The van der Waals surface area contributed by atoms with Crippen LogP contribution in [0, 0.1) is 0 Å². The molecule has 0 aliphatic heterocycles. The van der Waals surface area contributed by atoms with Gasteiger partial charge in [0.05, 0.1) is 0 Å². The molecule has 0 nitrogen and oxygen atoms in total. The SMILES string of the molecule is C1CCCCCCCCC1.C1CCCCCCCCC1. The molecule has 2 aliphatic carbocycles. The summed E-state index contributed by atoms with van der Waals surface area (Å²) in [5, 5.41) is 0. The first-order valence-electron chi connectivity index (χ1n) is 10.00. The summed E-state index contributed by atoms with van der Waals surface area (Å²) in [5.74, 6) is 0. The zero-order chi connectivity index (χ0) is 14.1. The molecule has 0 unspecified atom stereocenters. The van der Waals surface area contributed by atoms with Crippen LogP contribution in [0.25, 0.3) is 0 Å². The minimum Gasteiger partial charge on any atom is -0.0533 e. The molecule has 120 valence electrons. The summed E-state index contributed by atoms with van der Waals surface area (Å²) < 4.78 is 0. The van der Waals surface area contributed by atoms with E-state index in [1.165, 1.54) is 128 Å². The van der Waals surface area contributed by atoms with Crippen LogP contribution in [0.2, 0.25) is 0 Å². The van der Waals surface area contributed by atoms with Gasteiger partial charge < -0.3 is 0 Å². The van der Waals surface area contributed by atoms with E-state index in [0.29, 0.717) is 0 Å². The Bertz CT molecular complexity index is 86.4. The van der Waals surface area contributed by atoms with Crippen molar-refractivity contribution >= 4 is 0 Å². The molecule has 0 heteroatoms. The van der Waals surface area contributed by atoms with Gasteiger partial charge in [0.2, 0.25) is 0 Å². The number of rotatable bonds is 0. The van der Waals surface area contributed by atoms with Crippen LogP contribution in [0.15, 0.2) is 0 Å². The van der Waals surface area contributed by atoms with Gasteiger partial charge in [0.1, 0.15) is 0 Å². The lowest BCUT2D eigenvalue weighted by Crippen LogP contribution is -1.85. The van der Waals surface area contributed by atoms with Crippen LogP contribution in [-0.2, 0) is 0 Å². The van der Waals surface area contributed by atoms with Gasteiger partial charge in [-0.2, -0.15) is 0 Å². The predicted octanol–water partition coefficient (Wildman–Crippen LogP) is 7.80. The molecular formula is C20H40. The van der Waals surface area contributed by atoms with E-state index in [-0.39, 0.29) is 0 Å². The number of hydrogen-bond acceptors (Lipinski definition) is 0. The summed E-state index contributed by atoms with van der Waals surface area (Å²) >= 11 is 0. The highest BCUT2D eigenvalue weighted by Gasteiger charge is 1.96. The van der Waals surface area contributed by atoms with Crippen molar-refractivity contribution in [3.05, 3.63) is 0 Å². The van der Waals surface area contributed by atoms with E-state index in [0.717, 1.165) is 0 Å². The van der Waals surface area contributed by atoms with Crippen molar-refractivity contribution < 1.29 is 0 Å². The molecule has 0 aromatic carbocycles. The summed E-state index contributed by atoms with van der Waals surface area (Å²) in [4.78, 5) is 0. The molecule has 0 radical (unpaired) electrons. The van der Waals surface area contributed by atoms with Gasteiger partial charge >= 0.3 is 0 Å². The molecule has 2 fully saturated rings. The second-order valence-corrected chi connectivity index (χ2v) is 7.07. The van der Waals surface area contributed by atoms with Gasteiger partial charge in [-0.1, -0.05) is 128 Å². The fraction of sp³-hybridized carbons (Fsp3) is 1.00. The van der Waals surface area contributed by atoms with E-state index in [9.17, 15) is 0 Å². The van der Waals surface area contributed by atoms with Crippen molar-refractivity contribution in [3.63, 3.8) is 0 Å². The van der Waals surface area contributed by atoms with Gasteiger partial charge in [0, 0.05) is 0 Å². The molecule has 0 heterocycles. The Morgan fingerprint density at radius 3 is 0.200 bits per heavy atom. The Morgan fingerprint density at radius 1 is 0.100 bits per heavy atom. The molecule has 0 atom stereocenters. The van der Waals surface area contributed by atoms with Crippen LogP contribution < -0.4 is 0 Å². The third-order valence-corrected chi connectivity index (χ3v) is 5.00. The normalized spacial score (nSPS) is 24.0. The van der Waals surface area contributed by atoms with Crippen molar-refractivity contribution in [2.24, 2.45) is 0 Å². The van der Waals surface area contributed by atoms with Gasteiger partial charge in [0.15, 0.2) is 0 Å². The summed E-state index contributed by atoms with van der Waals surface area (Å²) in [6.45, 7) is 0. The lowest BCUT2D eigenvalue weighted by molar-refractivity contribution is 0.504. The molecular weight excluding hydrogens is 240 g/mol. The number of hydrogen-bond donors (Lipinski definition) is 0. The topological polar surface area (TPSA) is 0 Å². The Kier molecular flexibility index (Phi) is 13.9. The van der Waals surface area contributed by atoms with Gasteiger partial charge in [0.25, 0.3) is 0 Å². The maximum Gasteiger partial charge on any atom is -0.0533 e. The molecule has 0 amide bonds. The van der Waals surface area contributed by atoms with Gasteiger partial charge in [-0.15, -0.1) is 0 Å². The third kappa shape index (κ3) is 13.0. The molecule has 2 aliphatic rings. The highest BCUT2D eigenvalue weighted by Crippen LogP contribution is 2.16. The van der Waals surface area contributed by atoms with Crippen molar-refractivity contribution in [2.45, 2.75) is 128 Å². The fourth-order valence-corrected chi connectivity index (χ4v) is 3.54. The highest BCUT2D eigenvalue weighted by molar-refractivity contribution is 4.52. The summed E-state index contributed by atoms with van der Waals surface area (Å²) in [6, 6.07) is 0. The third-order valence-electron chi connectivity index (χ3n) is 5.00. The first-order valence-corrected chi connectivity index (χ1v) is 10.00. The first-order chi connectivity index (χ1) is 10.0. The first kappa shape index (κ1) is 18.1. The highest BCUT2D eigenvalue weighted by atomic mass is 14.0.